The molecule has 2 amide bonds. The summed E-state index contributed by atoms with van der Waals surface area (Å²) in [6, 6.07) is 6.80. The molecule has 0 aromatic heterocycles. The number of anilines is 1. The van der Waals surface area contributed by atoms with E-state index in [4.69, 9.17) is 14.2 Å². The molecular formula is C18H23FN2O5. The van der Waals surface area contributed by atoms with Gasteiger partial charge in [-0.2, -0.15) is 0 Å². The number of hydrogen-bond donors (Lipinski definition) is 1. The van der Waals surface area contributed by atoms with Crippen molar-refractivity contribution in [3.63, 3.8) is 0 Å². The van der Waals surface area contributed by atoms with Crippen LogP contribution >= 0.6 is 0 Å². The van der Waals surface area contributed by atoms with Crippen LogP contribution in [-0.2, 0) is 9.47 Å². The molecular weight excluding hydrogens is 343 g/mol. The zero-order chi connectivity index (χ0) is 19.2. The smallest absolute Gasteiger partial charge is 0.414 e. The van der Waals surface area contributed by atoms with Crippen LogP contribution in [0, 0.1) is 0 Å². The minimum atomic E-state index is -0.626. The second-order valence-electron chi connectivity index (χ2n) is 6.67. The molecule has 1 aliphatic heterocycles. The summed E-state index contributed by atoms with van der Waals surface area (Å²) in [6.45, 7) is 6.05. The van der Waals surface area contributed by atoms with E-state index >= 15 is 0 Å². The Kier molecular flexibility index (Phi) is 6.43. The fourth-order valence-corrected chi connectivity index (χ4v) is 2.15. The third kappa shape index (κ3) is 5.94. The Hall–Kier alpha value is -2.77. The fourth-order valence-electron chi connectivity index (χ4n) is 2.15. The van der Waals surface area contributed by atoms with E-state index in [1.807, 2.05) is 0 Å². The number of halogens is 1. The molecule has 0 radical (unpaired) electrons. The van der Waals surface area contributed by atoms with Crippen LogP contribution in [0.4, 0.5) is 19.7 Å². The zero-order valence-electron chi connectivity index (χ0n) is 15.1. The lowest BCUT2D eigenvalue weighted by Gasteiger charge is -2.20. The van der Waals surface area contributed by atoms with Gasteiger partial charge in [-0.05, 0) is 45.0 Å². The monoisotopic (exact) mass is 366 g/mol. The highest BCUT2D eigenvalue weighted by Crippen LogP contribution is 2.22. The Labute approximate surface area is 151 Å². The molecule has 2 rings (SSSR count). The van der Waals surface area contributed by atoms with Crippen LogP contribution in [0.15, 0.2) is 36.2 Å². The second-order valence-corrected chi connectivity index (χ2v) is 6.67. The first-order chi connectivity index (χ1) is 12.3. The topological polar surface area (TPSA) is 77.1 Å². The summed E-state index contributed by atoms with van der Waals surface area (Å²) in [4.78, 5) is 24.6. The standard InChI is InChI=1S/C18H23FN2O5/c1-18(2,3)26-16(22)20-11-13(10-19)12-25-15-6-4-14(5-7-15)21-8-9-24-17(21)23/h4-7,10H,8-9,11-12H2,1-3H3,(H,20,22)/b13-10+. The Morgan fingerprint density at radius 2 is 2.04 bits per heavy atom. The van der Waals surface area contributed by atoms with Gasteiger partial charge in [-0.1, -0.05) is 0 Å². The van der Waals surface area contributed by atoms with E-state index in [1.165, 1.54) is 4.90 Å². The normalized spacial score (nSPS) is 14.8. The van der Waals surface area contributed by atoms with Crippen molar-refractivity contribution in [1.29, 1.82) is 0 Å². The molecule has 142 valence electrons. The minimum Gasteiger partial charge on any atom is -0.489 e. The molecule has 0 saturated carbocycles. The van der Waals surface area contributed by atoms with Gasteiger partial charge in [0.15, 0.2) is 0 Å². The number of alkyl carbamates (subject to hydrolysis) is 1. The van der Waals surface area contributed by atoms with Gasteiger partial charge in [0.2, 0.25) is 0 Å². The third-order valence-electron chi connectivity index (χ3n) is 3.35. The number of carbonyl (C=O) groups excluding carboxylic acids is 2. The fraction of sp³-hybridized carbons (Fsp3) is 0.444. The highest BCUT2D eigenvalue weighted by molar-refractivity contribution is 5.89. The molecule has 1 aromatic rings. The molecule has 0 unspecified atom stereocenters. The highest BCUT2D eigenvalue weighted by Gasteiger charge is 2.23. The third-order valence-corrected chi connectivity index (χ3v) is 3.35. The van der Waals surface area contributed by atoms with Crippen molar-refractivity contribution in [2.45, 2.75) is 26.4 Å². The molecule has 1 heterocycles. The lowest BCUT2D eigenvalue weighted by molar-refractivity contribution is 0.0531. The summed E-state index contributed by atoms with van der Waals surface area (Å²) in [5.41, 5.74) is 0.333. The van der Waals surface area contributed by atoms with Gasteiger partial charge in [0, 0.05) is 17.8 Å². The number of nitrogens with zero attached hydrogens (tertiary/aromatic N) is 1. The van der Waals surface area contributed by atoms with Crippen LogP contribution in [0.2, 0.25) is 0 Å². The molecule has 26 heavy (non-hydrogen) atoms. The molecule has 0 aliphatic carbocycles. The Morgan fingerprint density at radius 3 is 2.58 bits per heavy atom. The maximum absolute atomic E-state index is 13.0. The predicted octanol–water partition coefficient (Wildman–Crippen LogP) is 3.40. The van der Waals surface area contributed by atoms with Gasteiger partial charge < -0.3 is 19.5 Å². The number of carbonyl (C=O) groups is 2. The van der Waals surface area contributed by atoms with Crippen molar-refractivity contribution < 1.29 is 28.2 Å². The summed E-state index contributed by atoms with van der Waals surface area (Å²) in [5.74, 6) is 0.512. The Balaban J connectivity index is 1.81. The van der Waals surface area contributed by atoms with Gasteiger partial charge in [-0.3, -0.25) is 4.90 Å². The van der Waals surface area contributed by atoms with Crippen LogP contribution in [0.3, 0.4) is 0 Å². The number of amides is 2. The summed E-state index contributed by atoms with van der Waals surface area (Å²) >= 11 is 0. The van der Waals surface area contributed by atoms with Gasteiger partial charge in [-0.25, -0.2) is 14.0 Å². The van der Waals surface area contributed by atoms with E-state index in [0.29, 0.717) is 30.9 Å². The summed E-state index contributed by atoms with van der Waals surface area (Å²) in [6.07, 6.45) is -0.611. The van der Waals surface area contributed by atoms with Crippen molar-refractivity contribution in [3.8, 4) is 5.75 Å². The maximum Gasteiger partial charge on any atom is 0.414 e. The number of hydrogen-bond acceptors (Lipinski definition) is 5. The predicted molar refractivity (Wildman–Crippen MR) is 94.1 cm³/mol. The van der Waals surface area contributed by atoms with Gasteiger partial charge in [-0.15, -0.1) is 0 Å². The van der Waals surface area contributed by atoms with E-state index < -0.39 is 11.7 Å². The molecule has 0 spiro atoms. The lowest BCUT2D eigenvalue weighted by atomic mass is 10.2. The zero-order valence-corrected chi connectivity index (χ0v) is 15.1. The molecule has 1 aromatic carbocycles. The van der Waals surface area contributed by atoms with Crippen molar-refractivity contribution in [2.24, 2.45) is 0 Å². The minimum absolute atomic E-state index is 0.0247. The van der Waals surface area contributed by atoms with E-state index in [2.05, 4.69) is 5.32 Å². The van der Waals surface area contributed by atoms with Crippen molar-refractivity contribution in [1.82, 2.24) is 5.32 Å². The quantitative estimate of drug-likeness (QED) is 0.835. The molecule has 0 bridgehead atoms. The van der Waals surface area contributed by atoms with Gasteiger partial charge >= 0.3 is 12.2 Å². The van der Waals surface area contributed by atoms with Crippen molar-refractivity contribution >= 4 is 17.9 Å². The molecule has 1 fully saturated rings. The summed E-state index contributed by atoms with van der Waals surface area (Å²) < 4.78 is 28.4. The van der Waals surface area contributed by atoms with Gasteiger partial charge in [0.1, 0.15) is 24.6 Å². The average molecular weight is 366 g/mol. The van der Waals surface area contributed by atoms with Gasteiger partial charge in [0.05, 0.1) is 12.9 Å². The maximum atomic E-state index is 13.0. The molecule has 7 nitrogen and oxygen atoms in total. The first-order valence-corrected chi connectivity index (χ1v) is 8.20. The Bertz CT molecular complexity index is 667. The first-order valence-electron chi connectivity index (χ1n) is 8.20. The second kappa shape index (κ2) is 8.55. The van der Waals surface area contributed by atoms with Crippen LogP contribution in [-0.4, -0.2) is 44.1 Å². The molecule has 1 N–H and O–H groups in total. The van der Waals surface area contributed by atoms with Gasteiger partial charge in [0.25, 0.3) is 0 Å². The number of rotatable bonds is 6. The first kappa shape index (κ1) is 19.6. The number of benzene rings is 1. The molecule has 8 heteroatoms. The van der Waals surface area contributed by atoms with E-state index in [-0.39, 0.29) is 24.8 Å². The largest absolute Gasteiger partial charge is 0.489 e. The van der Waals surface area contributed by atoms with Crippen LogP contribution in [0.5, 0.6) is 5.75 Å². The highest BCUT2D eigenvalue weighted by atomic mass is 19.1. The van der Waals surface area contributed by atoms with Crippen molar-refractivity contribution in [2.75, 3.05) is 31.2 Å². The number of nitrogens with one attached hydrogen (secondary N) is 1. The summed E-state index contributed by atoms with van der Waals surface area (Å²) in [7, 11) is 0. The van der Waals surface area contributed by atoms with E-state index in [1.54, 1.807) is 45.0 Å². The lowest BCUT2D eigenvalue weighted by Crippen LogP contribution is -2.34. The molecule has 1 saturated heterocycles. The Morgan fingerprint density at radius 1 is 1.35 bits per heavy atom. The molecule has 0 atom stereocenters. The van der Waals surface area contributed by atoms with E-state index in [0.717, 1.165) is 0 Å². The van der Waals surface area contributed by atoms with Crippen LogP contribution in [0.25, 0.3) is 0 Å². The number of ether oxygens (including phenoxy) is 3. The molecule has 1 aliphatic rings. The number of cyclic esters (lactones) is 1. The van der Waals surface area contributed by atoms with Crippen molar-refractivity contribution in [3.05, 3.63) is 36.2 Å². The van der Waals surface area contributed by atoms with Crippen LogP contribution in [0.1, 0.15) is 20.8 Å². The summed E-state index contributed by atoms with van der Waals surface area (Å²) in [5, 5.41) is 2.47. The SMILES string of the molecule is CC(C)(C)OC(=O)NC/C(=C\F)COc1ccc(N2CCOC2=O)cc1. The van der Waals surface area contributed by atoms with Crippen LogP contribution < -0.4 is 15.0 Å². The average Bonchev–Trinajstić information content (AvgIpc) is 3.00. The van der Waals surface area contributed by atoms with E-state index in [9.17, 15) is 14.0 Å².